The molecule has 0 aliphatic rings. The lowest BCUT2D eigenvalue weighted by Crippen LogP contribution is -2.32. The molecule has 1 unspecified atom stereocenters. The maximum absolute atomic E-state index is 14.8. The number of fused-ring (bicyclic) bond motifs is 1. The van der Waals surface area contributed by atoms with Crippen LogP contribution in [0.4, 0.5) is 10.1 Å². The van der Waals surface area contributed by atoms with Crippen LogP contribution in [0.3, 0.4) is 0 Å². The van der Waals surface area contributed by atoms with Crippen molar-refractivity contribution in [3.05, 3.63) is 83.9 Å². The SMILES string of the molecule is N#Cc1cccc(NC(=O)C(C(N)=O)c2ccc(Oc3ccnc4[nH]ccc34)c(F)c2)c1. The first-order valence-electron chi connectivity index (χ1n) is 9.46. The van der Waals surface area contributed by atoms with Crippen molar-refractivity contribution in [3.8, 4) is 17.6 Å². The van der Waals surface area contributed by atoms with E-state index in [1.165, 1.54) is 24.4 Å². The molecule has 0 aliphatic heterocycles. The highest BCUT2D eigenvalue weighted by Crippen LogP contribution is 2.31. The number of ether oxygens (including phenoxy) is 1. The average Bonchev–Trinajstić information content (AvgIpc) is 3.25. The molecule has 2 amide bonds. The van der Waals surface area contributed by atoms with Gasteiger partial charge in [0.25, 0.3) is 0 Å². The van der Waals surface area contributed by atoms with E-state index in [0.29, 0.717) is 28.0 Å². The van der Waals surface area contributed by atoms with Crippen molar-refractivity contribution in [1.29, 1.82) is 5.26 Å². The third kappa shape index (κ3) is 4.11. The van der Waals surface area contributed by atoms with E-state index in [-0.39, 0.29) is 11.3 Å². The molecule has 0 bridgehead atoms. The molecular formula is C23H16FN5O3. The first-order chi connectivity index (χ1) is 15.5. The zero-order chi connectivity index (χ0) is 22.7. The van der Waals surface area contributed by atoms with Gasteiger partial charge in [0.05, 0.1) is 17.0 Å². The molecule has 2 heterocycles. The second kappa shape index (κ2) is 8.57. The van der Waals surface area contributed by atoms with Gasteiger partial charge in [0, 0.05) is 18.1 Å². The number of halogens is 1. The second-order valence-electron chi connectivity index (χ2n) is 6.86. The Hall–Kier alpha value is -4.71. The van der Waals surface area contributed by atoms with Crippen LogP contribution in [0.1, 0.15) is 17.0 Å². The highest BCUT2D eigenvalue weighted by Gasteiger charge is 2.28. The number of hydrogen-bond donors (Lipinski definition) is 3. The molecule has 8 nitrogen and oxygen atoms in total. The standard InChI is InChI=1S/C23H16FN5O3/c24-17-11-14(4-5-19(17)32-18-7-9-28-22-16(18)6-8-27-22)20(21(26)30)23(31)29-15-3-1-2-13(10-15)12-25/h1-11,20H,(H2,26,30)(H,27,28)(H,29,31). The van der Waals surface area contributed by atoms with Crippen LogP contribution in [0, 0.1) is 17.1 Å². The van der Waals surface area contributed by atoms with Crippen LogP contribution in [0.25, 0.3) is 11.0 Å². The number of aromatic nitrogens is 2. The van der Waals surface area contributed by atoms with Gasteiger partial charge in [-0.25, -0.2) is 9.37 Å². The summed E-state index contributed by atoms with van der Waals surface area (Å²) in [4.78, 5) is 31.8. The maximum atomic E-state index is 14.8. The van der Waals surface area contributed by atoms with Crippen molar-refractivity contribution in [1.82, 2.24) is 9.97 Å². The number of rotatable bonds is 6. The van der Waals surface area contributed by atoms with Gasteiger partial charge in [0.1, 0.15) is 17.3 Å². The first-order valence-corrected chi connectivity index (χ1v) is 9.46. The Kier molecular flexibility index (Phi) is 5.51. The topological polar surface area (TPSA) is 134 Å². The molecule has 9 heteroatoms. The van der Waals surface area contributed by atoms with Crippen LogP contribution < -0.4 is 15.8 Å². The molecule has 2 aromatic carbocycles. The van der Waals surface area contributed by atoms with E-state index in [1.54, 1.807) is 36.5 Å². The van der Waals surface area contributed by atoms with Crippen molar-refractivity contribution in [2.45, 2.75) is 5.92 Å². The van der Waals surface area contributed by atoms with Gasteiger partial charge < -0.3 is 20.8 Å². The number of H-pyrrole nitrogens is 1. The molecule has 4 N–H and O–H groups in total. The summed E-state index contributed by atoms with van der Waals surface area (Å²) in [6, 6.07) is 15.2. The molecule has 0 saturated carbocycles. The second-order valence-corrected chi connectivity index (χ2v) is 6.86. The first kappa shape index (κ1) is 20.6. The third-order valence-electron chi connectivity index (χ3n) is 4.74. The summed E-state index contributed by atoms with van der Waals surface area (Å²) in [7, 11) is 0. The minimum Gasteiger partial charge on any atom is -0.453 e. The Morgan fingerprint density at radius 3 is 2.75 bits per heavy atom. The van der Waals surface area contributed by atoms with E-state index < -0.39 is 23.5 Å². The highest BCUT2D eigenvalue weighted by atomic mass is 19.1. The van der Waals surface area contributed by atoms with E-state index in [0.717, 1.165) is 6.07 Å². The van der Waals surface area contributed by atoms with Crippen molar-refractivity contribution in [2.24, 2.45) is 5.73 Å². The monoisotopic (exact) mass is 429 g/mol. The fourth-order valence-electron chi connectivity index (χ4n) is 3.25. The van der Waals surface area contributed by atoms with E-state index in [9.17, 15) is 14.0 Å². The zero-order valence-corrected chi connectivity index (χ0v) is 16.5. The Morgan fingerprint density at radius 1 is 1.16 bits per heavy atom. The highest BCUT2D eigenvalue weighted by molar-refractivity contribution is 6.10. The zero-order valence-electron chi connectivity index (χ0n) is 16.5. The van der Waals surface area contributed by atoms with Gasteiger partial charge in [-0.05, 0) is 48.0 Å². The molecule has 1 atom stereocenters. The Labute approximate surface area is 181 Å². The number of aromatic amines is 1. The molecule has 0 saturated heterocycles. The lowest BCUT2D eigenvalue weighted by Gasteiger charge is -2.15. The number of nitriles is 1. The van der Waals surface area contributed by atoms with E-state index >= 15 is 0 Å². The van der Waals surface area contributed by atoms with Crippen molar-refractivity contribution < 1.29 is 18.7 Å². The van der Waals surface area contributed by atoms with Crippen LogP contribution in [0.2, 0.25) is 0 Å². The van der Waals surface area contributed by atoms with Crippen molar-refractivity contribution in [2.75, 3.05) is 5.32 Å². The fraction of sp³-hybridized carbons (Fsp3) is 0.0435. The molecule has 0 radical (unpaired) electrons. The Balaban J connectivity index is 1.59. The Morgan fingerprint density at radius 2 is 2.00 bits per heavy atom. The van der Waals surface area contributed by atoms with Gasteiger partial charge in [0.15, 0.2) is 11.6 Å². The number of pyridine rings is 1. The lowest BCUT2D eigenvalue weighted by atomic mass is 9.97. The van der Waals surface area contributed by atoms with Gasteiger partial charge in [-0.1, -0.05) is 12.1 Å². The molecule has 4 rings (SSSR count). The molecule has 2 aromatic heterocycles. The van der Waals surface area contributed by atoms with Gasteiger partial charge in [-0.2, -0.15) is 5.26 Å². The molecule has 4 aromatic rings. The maximum Gasteiger partial charge on any atom is 0.241 e. The number of amides is 2. The molecule has 0 fully saturated rings. The van der Waals surface area contributed by atoms with Gasteiger partial charge >= 0.3 is 0 Å². The minimum absolute atomic E-state index is 0.0674. The number of benzene rings is 2. The predicted octanol–water partition coefficient (Wildman–Crippen LogP) is 3.57. The summed E-state index contributed by atoms with van der Waals surface area (Å²) in [5.41, 5.74) is 6.73. The number of carbonyl (C=O) groups is 2. The average molecular weight is 429 g/mol. The number of anilines is 1. The summed E-state index contributed by atoms with van der Waals surface area (Å²) in [5.74, 6) is -3.61. The summed E-state index contributed by atoms with van der Waals surface area (Å²) < 4.78 is 20.5. The number of carbonyl (C=O) groups excluding carboxylic acids is 2. The smallest absolute Gasteiger partial charge is 0.241 e. The molecule has 0 spiro atoms. The third-order valence-corrected chi connectivity index (χ3v) is 4.74. The quantitative estimate of drug-likeness (QED) is 0.403. The largest absolute Gasteiger partial charge is 0.453 e. The fourth-order valence-corrected chi connectivity index (χ4v) is 3.25. The molecule has 32 heavy (non-hydrogen) atoms. The normalized spacial score (nSPS) is 11.5. The molecule has 0 aliphatic carbocycles. The molecular weight excluding hydrogens is 413 g/mol. The van der Waals surface area contributed by atoms with Gasteiger partial charge in [-0.15, -0.1) is 0 Å². The van der Waals surface area contributed by atoms with Crippen LogP contribution in [-0.2, 0) is 9.59 Å². The summed E-state index contributed by atoms with van der Waals surface area (Å²) in [5, 5.41) is 12.2. The van der Waals surface area contributed by atoms with Crippen LogP contribution >= 0.6 is 0 Å². The van der Waals surface area contributed by atoms with Crippen LogP contribution in [0.5, 0.6) is 11.5 Å². The number of nitrogens with one attached hydrogen (secondary N) is 2. The number of nitrogens with zero attached hydrogens (tertiary/aromatic N) is 2. The van der Waals surface area contributed by atoms with E-state index in [1.807, 2.05) is 6.07 Å². The number of primary amides is 1. The van der Waals surface area contributed by atoms with E-state index in [2.05, 4.69) is 15.3 Å². The minimum atomic E-state index is -1.44. The van der Waals surface area contributed by atoms with Crippen molar-refractivity contribution in [3.63, 3.8) is 0 Å². The van der Waals surface area contributed by atoms with Crippen LogP contribution in [-0.4, -0.2) is 21.8 Å². The number of hydrogen-bond acceptors (Lipinski definition) is 5. The van der Waals surface area contributed by atoms with Crippen molar-refractivity contribution >= 4 is 28.5 Å². The van der Waals surface area contributed by atoms with E-state index in [4.69, 9.17) is 15.7 Å². The number of nitrogens with two attached hydrogens (primary N) is 1. The lowest BCUT2D eigenvalue weighted by molar-refractivity contribution is -0.127. The molecule has 158 valence electrons. The van der Waals surface area contributed by atoms with Gasteiger partial charge in [-0.3, -0.25) is 9.59 Å². The predicted molar refractivity (Wildman–Crippen MR) is 114 cm³/mol. The summed E-state index contributed by atoms with van der Waals surface area (Å²) >= 11 is 0. The summed E-state index contributed by atoms with van der Waals surface area (Å²) in [6.07, 6.45) is 3.21. The van der Waals surface area contributed by atoms with Gasteiger partial charge in [0.2, 0.25) is 11.8 Å². The van der Waals surface area contributed by atoms with Crippen LogP contribution in [0.15, 0.2) is 67.0 Å². The Bertz CT molecular complexity index is 1380. The summed E-state index contributed by atoms with van der Waals surface area (Å²) in [6.45, 7) is 0.